The Morgan fingerprint density at radius 1 is 1.19 bits per heavy atom. The first-order valence-corrected chi connectivity index (χ1v) is 7.72. The largest absolute Gasteiger partial charge is 0.282 e. The van der Waals surface area contributed by atoms with Crippen molar-refractivity contribution in [2.45, 2.75) is 59.0 Å². The molecule has 0 saturated carbocycles. The summed E-state index contributed by atoms with van der Waals surface area (Å²) in [7, 11) is -3.12. The Morgan fingerprint density at radius 2 is 1.81 bits per heavy atom. The Morgan fingerprint density at radius 3 is 2.31 bits per heavy atom. The lowest BCUT2D eigenvalue weighted by Gasteiger charge is -2.26. The first kappa shape index (κ1) is 13.9. The summed E-state index contributed by atoms with van der Waals surface area (Å²) < 4.78 is 27.4. The minimum atomic E-state index is -3.12. The van der Waals surface area contributed by atoms with Crippen molar-refractivity contribution >= 4 is 10.2 Å². The molecule has 5 heteroatoms. The third-order valence-corrected chi connectivity index (χ3v) is 5.37. The van der Waals surface area contributed by atoms with Gasteiger partial charge in [-0.05, 0) is 26.7 Å². The molecule has 0 amide bonds. The van der Waals surface area contributed by atoms with Gasteiger partial charge >= 0.3 is 0 Å². The summed E-state index contributed by atoms with van der Waals surface area (Å²) in [5.41, 5.74) is 0. The van der Waals surface area contributed by atoms with E-state index in [-0.39, 0.29) is 12.1 Å². The molecule has 0 spiro atoms. The lowest BCUT2D eigenvalue weighted by atomic mass is 10.1. The molecule has 0 aliphatic carbocycles. The van der Waals surface area contributed by atoms with E-state index in [1.165, 1.54) is 6.42 Å². The molecule has 1 unspecified atom stereocenters. The van der Waals surface area contributed by atoms with Gasteiger partial charge < -0.3 is 0 Å². The first-order valence-electron chi connectivity index (χ1n) is 6.32. The Hall–Kier alpha value is -0.130. The number of nitrogens with zero attached hydrogens (tertiary/aromatic N) is 2. The fourth-order valence-corrected chi connectivity index (χ4v) is 4.45. The summed E-state index contributed by atoms with van der Waals surface area (Å²) in [5, 5.41) is 0. The van der Waals surface area contributed by atoms with Gasteiger partial charge in [0, 0.05) is 25.2 Å². The number of piperidine rings is 1. The van der Waals surface area contributed by atoms with Gasteiger partial charge in [0.15, 0.2) is 0 Å². The van der Waals surface area contributed by atoms with E-state index in [1.54, 1.807) is 8.61 Å². The topological polar surface area (TPSA) is 40.6 Å². The van der Waals surface area contributed by atoms with Gasteiger partial charge in [-0.3, -0.25) is 0 Å². The highest BCUT2D eigenvalue weighted by atomic mass is 32.2. The van der Waals surface area contributed by atoms with Crippen LogP contribution in [-0.2, 0) is 10.2 Å². The summed E-state index contributed by atoms with van der Waals surface area (Å²) in [6, 6.07) is 0.335. The Labute approximate surface area is 99.8 Å². The van der Waals surface area contributed by atoms with Gasteiger partial charge in [-0.1, -0.05) is 20.3 Å². The van der Waals surface area contributed by atoms with Crippen LogP contribution >= 0.6 is 0 Å². The Kier molecular flexibility index (Phi) is 4.76. The van der Waals surface area contributed by atoms with Gasteiger partial charge in [0.25, 0.3) is 10.2 Å². The van der Waals surface area contributed by atoms with Crippen molar-refractivity contribution in [1.82, 2.24) is 8.61 Å². The van der Waals surface area contributed by atoms with Gasteiger partial charge in [-0.2, -0.15) is 17.0 Å². The van der Waals surface area contributed by atoms with Crippen molar-refractivity contribution in [2.75, 3.05) is 13.1 Å². The molecule has 2 aliphatic heterocycles. The van der Waals surface area contributed by atoms with Crippen LogP contribution in [0.2, 0.25) is 0 Å². The average molecular weight is 248 g/mol. The second-order valence-electron chi connectivity index (χ2n) is 4.43. The van der Waals surface area contributed by atoms with E-state index in [0.29, 0.717) is 6.54 Å². The van der Waals surface area contributed by atoms with E-state index in [0.717, 1.165) is 19.4 Å². The van der Waals surface area contributed by atoms with Crippen LogP contribution in [0.4, 0.5) is 0 Å². The van der Waals surface area contributed by atoms with E-state index < -0.39 is 10.2 Å². The van der Waals surface area contributed by atoms with Gasteiger partial charge in [0.2, 0.25) is 0 Å². The molecular weight excluding hydrogens is 224 g/mol. The van der Waals surface area contributed by atoms with Crippen LogP contribution in [0.3, 0.4) is 0 Å². The molecule has 16 heavy (non-hydrogen) atoms. The van der Waals surface area contributed by atoms with Gasteiger partial charge in [-0.25, -0.2) is 0 Å². The zero-order chi connectivity index (χ0) is 12.3. The standard InChI is InChI=1S/C9H18N2O2S.C2H6/c1-8(2)11-7-9-5-3-4-6-10(9)14(11,12)13;1-2/h8-9H,3-7H2,1-2H3;1-2H3. The maximum atomic E-state index is 12.0. The summed E-state index contributed by atoms with van der Waals surface area (Å²) in [6.45, 7) is 9.29. The van der Waals surface area contributed by atoms with Crippen LogP contribution < -0.4 is 0 Å². The van der Waals surface area contributed by atoms with Crippen molar-refractivity contribution in [3.63, 3.8) is 0 Å². The minimum absolute atomic E-state index is 0.0885. The lowest BCUT2D eigenvalue weighted by Crippen LogP contribution is -2.40. The fraction of sp³-hybridized carbons (Fsp3) is 1.00. The molecule has 0 bridgehead atoms. The van der Waals surface area contributed by atoms with Crippen molar-refractivity contribution in [1.29, 1.82) is 0 Å². The molecule has 2 heterocycles. The molecule has 2 saturated heterocycles. The third-order valence-electron chi connectivity index (χ3n) is 3.13. The zero-order valence-electron chi connectivity index (χ0n) is 10.8. The van der Waals surface area contributed by atoms with Gasteiger partial charge in [-0.15, -0.1) is 0 Å². The molecule has 0 N–H and O–H groups in total. The summed E-state index contributed by atoms with van der Waals surface area (Å²) >= 11 is 0. The van der Waals surface area contributed by atoms with Gasteiger partial charge in [0.05, 0.1) is 0 Å². The number of fused-ring (bicyclic) bond motifs is 1. The molecule has 2 rings (SSSR count). The van der Waals surface area contributed by atoms with E-state index in [9.17, 15) is 8.42 Å². The predicted octanol–water partition coefficient (Wildman–Crippen LogP) is 1.84. The van der Waals surface area contributed by atoms with Crippen LogP contribution in [0.25, 0.3) is 0 Å². The molecular formula is C11H24N2O2S. The average Bonchev–Trinajstić information content (AvgIpc) is 2.54. The molecule has 2 fully saturated rings. The fourth-order valence-electron chi connectivity index (χ4n) is 2.37. The van der Waals surface area contributed by atoms with E-state index in [4.69, 9.17) is 0 Å². The maximum Gasteiger partial charge on any atom is 0.282 e. The Balaban J connectivity index is 0.000000606. The van der Waals surface area contributed by atoms with Crippen LogP contribution in [-0.4, -0.2) is 42.2 Å². The summed E-state index contributed by atoms with van der Waals surface area (Å²) in [4.78, 5) is 0. The lowest BCUT2D eigenvalue weighted by molar-refractivity contribution is 0.268. The van der Waals surface area contributed by atoms with Crippen LogP contribution in [0, 0.1) is 0 Å². The molecule has 0 aromatic heterocycles. The molecule has 4 nitrogen and oxygen atoms in total. The number of hydrogen-bond donors (Lipinski definition) is 0. The Bertz CT molecular complexity index is 306. The van der Waals surface area contributed by atoms with Crippen molar-refractivity contribution in [3.05, 3.63) is 0 Å². The van der Waals surface area contributed by atoms with Crippen LogP contribution in [0.1, 0.15) is 47.0 Å². The monoisotopic (exact) mass is 248 g/mol. The van der Waals surface area contributed by atoms with Crippen LogP contribution in [0.5, 0.6) is 0 Å². The second kappa shape index (κ2) is 5.47. The van der Waals surface area contributed by atoms with Gasteiger partial charge in [0.1, 0.15) is 0 Å². The molecule has 2 aliphatic rings. The number of hydrogen-bond acceptors (Lipinski definition) is 2. The minimum Gasteiger partial charge on any atom is -0.195 e. The highest BCUT2D eigenvalue weighted by Crippen LogP contribution is 2.30. The molecule has 96 valence electrons. The highest BCUT2D eigenvalue weighted by Gasteiger charge is 2.45. The van der Waals surface area contributed by atoms with E-state index in [2.05, 4.69) is 0 Å². The quantitative estimate of drug-likeness (QED) is 0.710. The van der Waals surface area contributed by atoms with E-state index in [1.807, 2.05) is 27.7 Å². The van der Waals surface area contributed by atoms with Crippen molar-refractivity contribution < 1.29 is 8.42 Å². The summed E-state index contributed by atoms with van der Waals surface area (Å²) in [5.74, 6) is 0. The summed E-state index contributed by atoms with van der Waals surface area (Å²) in [6.07, 6.45) is 3.22. The maximum absolute atomic E-state index is 12.0. The molecule has 0 aromatic rings. The third kappa shape index (κ3) is 2.41. The highest BCUT2D eigenvalue weighted by molar-refractivity contribution is 7.87. The molecule has 0 radical (unpaired) electrons. The predicted molar refractivity (Wildman–Crippen MR) is 66.5 cm³/mol. The normalized spacial score (nSPS) is 29.7. The smallest absolute Gasteiger partial charge is 0.195 e. The van der Waals surface area contributed by atoms with Crippen LogP contribution in [0.15, 0.2) is 0 Å². The van der Waals surface area contributed by atoms with Crippen molar-refractivity contribution in [3.8, 4) is 0 Å². The first-order chi connectivity index (χ1) is 7.53. The second-order valence-corrected chi connectivity index (χ2v) is 6.27. The number of rotatable bonds is 1. The molecule has 1 atom stereocenters. The SMILES string of the molecule is CC.CC(C)N1CC2CCCCN2S1(=O)=O. The zero-order valence-corrected chi connectivity index (χ0v) is 11.6. The van der Waals surface area contributed by atoms with E-state index >= 15 is 0 Å². The van der Waals surface area contributed by atoms with Crippen molar-refractivity contribution in [2.24, 2.45) is 0 Å². The molecule has 0 aromatic carbocycles.